The van der Waals surface area contributed by atoms with E-state index in [0.29, 0.717) is 5.15 Å². The van der Waals surface area contributed by atoms with Gasteiger partial charge in [0.25, 0.3) is 0 Å². The number of halogens is 1. The first-order valence-electron chi connectivity index (χ1n) is 5.57. The summed E-state index contributed by atoms with van der Waals surface area (Å²) in [7, 11) is 0. The van der Waals surface area contributed by atoms with Crippen LogP contribution in [0.3, 0.4) is 0 Å². The monoisotopic (exact) mass is 246 g/mol. The molecule has 88 valence electrons. The maximum absolute atomic E-state index is 5.90. The van der Waals surface area contributed by atoms with Crippen molar-refractivity contribution in [3.8, 4) is 0 Å². The molecule has 0 aliphatic heterocycles. The Labute approximate surface area is 107 Å². The smallest absolute Gasteiger partial charge is 0.131 e. The minimum absolute atomic E-state index is 0.524. The van der Waals surface area contributed by atoms with Gasteiger partial charge in [-0.3, -0.25) is 0 Å². The molecule has 17 heavy (non-hydrogen) atoms. The largest absolute Gasteiger partial charge is 0.366 e. The van der Waals surface area contributed by atoms with Crippen LogP contribution in [-0.4, -0.2) is 4.98 Å². The number of nitrogens with one attached hydrogen (secondary N) is 1. The van der Waals surface area contributed by atoms with Crippen molar-refractivity contribution in [2.24, 2.45) is 0 Å². The molecular weight excluding hydrogens is 232 g/mol. The average molecular weight is 247 g/mol. The highest BCUT2D eigenvalue weighted by Crippen LogP contribution is 2.14. The lowest BCUT2D eigenvalue weighted by molar-refractivity contribution is 1.10. The summed E-state index contributed by atoms with van der Waals surface area (Å²) in [4.78, 5) is 4.22. The first-order chi connectivity index (χ1) is 8.13. The Bertz CT molecular complexity index is 486. The minimum atomic E-state index is 0.524. The highest BCUT2D eigenvalue weighted by atomic mass is 35.5. The zero-order chi connectivity index (χ0) is 12.3. The summed E-state index contributed by atoms with van der Waals surface area (Å²) in [5.74, 6) is 0.815. The molecule has 0 atom stereocenters. The van der Waals surface area contributed by atoms with E-state index in [0.717, 1.165) is 17.9 Å². The van der Waals surface area contributed by atoms with Crippen molar-refractivity contribution in [2.45, 2.75) is 20.4 Å². The number of rotatable bonds is 3. The normalized spacial score (nSPS) is 10.3. The Morgan fingerprint density at radius 1 is 1.06 bits per heavy atom. The number of aryl methyl sites for hydroxylation is 2. The lowest BCUT2D eigenvalue weighted by Gasteiger charge is -2.07. The molecule has 0 unspecified atom stereocenters. The Morgan fingerprint density at radius 2 is 1.76 bits per heavy atom. The molecule has 2 aromatic rings. The molecular formula is C14H15ClN2. The molecule has 2 rings (SSSR count). The van der Waals surface area contributed by atoms with Crippen LogP contribution in [0.5, 0.6) is 0 Å². The third-order valence-electron chi connectivity index (χ3n) is 2.53. The van der Waals surface area contributed by atoms with E-state index in [-0.39, 0.29) is 0 Å². The number of nitrogens with zero attached hydrogens (tertiary/aromatic N) is 1. The van der Waals surface area contributed by atoms with Crippen LogP contribution in [0.15, 0.2) is 36.4 Å². The summed E-state index contributed by atoms with van der Waals surface area (Å²) < 4.78 is 0. The molecule has 0 bridgehead atoms. The first kappa shape index (κ1) is 11.9. The molecule has 0 saturated heterocycles. The van der Waals surface area contributed by atoms with Gasteiger partial charge in [0, 0.05) is 6.54 Å². The molecule has 2 nitrogen and oxygen atoms in total. The predicted molar refractivity (Wildman–Crippen MR) is 72.5 cm³/mol. The van der Waals surface area contributed by atoms with Gasteiger partial charge < -0.3 is 5.32 Å². The lowest BCUT2D eigenvalue weighted by atomic mass is 10.1. The molecule has 0 amide bonds. The Kier molecular flexibility index (Phi) is 3.64. The van der Waals surface area contributed by atoms with Crippen molar-refractivity contribution in [3.63, 3.8) is 0 Å². The summed E-state index contributed by atoms with van der Waals surface area (Å²) in [6.45, 7) is 4.84. The summed E-state index contributed by atoms with van der Waals surface area (Å²) in [5.41, 5.74) is 3.61. The highest BCUT2D eigenvalue weighted by molar-refractivity contribution is 6.29. The molecule has 0 aliphatic rings. The predicted octanol–water partition coefficient (Wildman–Crippen LogP) is 3.96. The summed E-state index contributed by atoms with van der Waals surface area (Å²) >= 11 is 5.90. The molecule has 0 fully saturated rings. The fraction of sp³-hybridized carbons (Fsp3) is 0.214. The third-order valence-corrected chi connectivity index (χ3v) is 2.73. The molecule has 1 heterocycles. The van der Waals surface area contributed by atoms with Gasteiger partial charge in [0.15, 0.2) is 0 Å². The molecule has 0 aliphatic carbocycles. The quantitative estimate of drug-likeness (QED) is 0.829. The van der Waals surface area contributed by atoms with Crippen LogP contribution in [0.25, 0.3) is 0 Å². The molecule has 0 spiro atoms. The van der Waals surface area contributed by atoms with Crippen LogP contribution in [0, 0.1) is 13.8 Å². The molecule has 0 saturated carbocycles. The molecule has 1 aromatic heterocycles. The van der Waals surface area contributed by atoms with Gasteiger partial charge in [0.1, 0.15) is 11.0 Å². The van der Waals surface area contributed by atoms with E-state index < -0.39 is 0 Å². The Hall–Kier alpha value is -1.54. The van der Waals surface area contributed by atoms with E-state index in [1.54, 1.807) is 0 Å². The van der Waals surface area contributed by atoms with Crippen LogP contribution >= 0.6 is 11.6 Å². The van der Waals surface area contributed by atoms with Gasteiger partial charge in [-0.05, 0) is 37.1 Å². The van der Waals surface area contributed by atoms with E-state index >= 15 is 0 Å². The van der Waals surface area contributed by atoms with Crippen LogP contribution in [0.2, 0.25) is 5.15 Å². The van der Waals surface area contributed by atoms with Crippen molar-refractivity contribution in [1.82, 2.24) is 4.98 Å². The van der Waals surface area contributed by atoms with Crippen LogP contribution in [0.1, 0.15) is 16.7 Å². The number of hydrogen-bond acceptors (Lipinski definition) is 2. The fourth-order valence-corrected chi connectivity index (χ4v) is 1.88. The van der Waals surface area contributed by atoms with Crippen molar-refractivity contribution in [2.75, 3.05) is 5.32 Å². The summed E-state index contributed by atoms with van der Waals surface area (Å²) in [6.07, 6.45) is 0. The maximum atomic E-state index is 5.90. The highest BCUT2D eigenvalue weighted by Gasteiger charge is 1.98. The van der Waals surface area contributed by atoms with Gasteiger partial charge in [-0.15, -0.1) is 0 Å². The van der Waals surface area contributed by atoms with E-state index in [2.05, 4.69) is 41.5 Å². The zero-order valence-electron chi connectivity index (χ0n) is 10.00. The van der Waals surface area contributed by atoms with Gasteiger partial charge in [0.2, 0.25) is 0 Å². The second kappa shape index (κ2) is 5.19. The van der Waals surface area contributed by atoms with Gasteiger partial charge in [-0.25, -0.2) is 4.98 Å². The van der Waals surface area contributed by atoms with Gasteiger partial charge >= 0.3 is 0 Å². The molecule has 1 N–H and O–H groups in total. The van der Waals surface area contributed by atoms with E-state index in [1.165, 1.54) is 11.1 Å². The van der Waals surface area contributed by atoms with Gasteiger partial charge in [0.05, 0.1) is 0 Å². The Morgan fingerprint density at radius 3 is 2.41 bits per heavy atom. The second-order valence-electron chi connectivity index (χ2n) is 4.19. The zero-order valence-corrected chi connectivity index (χ0v) is 10.8. The van der Waals surface area contributed by atoms with E-state index in [1.807, 2.05) is 19.1 Å². The minimum Gasteiger partial charge on any atom is -0.366 e. The van der Waals surface area contributed by atoms with Gasteiger partial charge in [-0.2, -0.15) is 0 Å². The van der Waals surface area contributed by atoms with Crippen molar-refractivity contribution in [3.05, 3.63) is 58.2 Å². The number of aromatic nitrogens is 1. The number of hydrogen-bond donors (Lipinski definition) is 1. The SMILES string of the molecule is Cc1ccc(CNc2cc(C)cc(Cl)n2)cc1. The standard InChI is InChI=1S/C14H15ClN2/c1-10-3-5-12(6-4-10)9-16-14-8-11(2)7-13(15)17-14/h3-8H,9H2,1-2H3,(H,16,17). The van der Waals surface area contributed by atoms with Crippen molar-refractivity contribution >= 4 is 17.4 Å². The van der Waals surface area contributed by atoms with Crippen LogP contribution < -0.4 is 5.32 Å². The molecule has 3 heteroatoms. The molecule has 0 radical (unpaired) electrons. The van der Waals surface area contributed by atoms with Crippen molar-refractivity contribution in [1.29, 1.82) is 0 Å². The molecule has 1 aromatic carbocycles. The van der Waals surface area contributed by atoms with Gasteiger partial charge in [-0.1, -0.05) is 41.4 Å². The van der Waals surface area contributed by atoms with E-state index in [9.17, 15) is 0 Å². The fourth-order valence-electron chi connectivity index (χ4n) is 1.61. The third kappa shape index (κ3) is 3.46. The Balaban J connectivity index is 2.04. The summed E-state index contributed by atoms with van der Waals surface area (Å²) in [6, 6.07) is 12.3. The summed E-state index contributed by atoms with van der Waals surface area (Å²) in [5, 5.41) is 3.79. The average Bonchev–Trinajstić information content (AvgIpc) is 2.27. The number of anilines is 1. The second-order valence-corrected chi connectivity index (χ2v) is 4.58. The van der Waals surface area contributed by atoms with Crippen molar-refractivity contribution < 1.29 is 0 Å². The van der Waals surface area contributed by atoms with Crippen LogP contribution in [0.4, 0.5) is 5.82 Å². The lowest BCUT2D eigenvalue weighted by Crippen LogP contribution is -2.01. The topological polar surface area (TPSA) is 24.9 Å². The van der Waals surface area contributed by atoms with Crippen LogP contribution in [-0.2, 0) is 6.54 Å². The maximum Gasteiger partial charge on any atom is 0.131 e. The number of pyridine rings is 1. The number of benzene rings is 1. The van der Waals surface area contributed by atoms with E-state index in [4.69, 9.17) is 11.6 Å². The first-order valence-corrected chi connectivity index (χ1v) is 5.95.